The lowest BCUT2D eigenvalue weighted by atomic mass is 10.1. The molecule has 0 bridgehead atoms. The number of carbonyl (C=O) groups is 2. The van der Waals surface area contributed by atoms with Crippen molar-refractivity contribution in [3.8, 4) is 5.75 Å². The van der Waals surface area contributed by atoms with Gasteiger partial charge in [-0.2, -0.15) is 0 Å². The van der Waals surface area contributed by atoms with Crippen molar-refractivity contribution >= 4 is 28.7 Å². The van der Waals surface area contributed by atoms with Gasteiger partial charge in [0, 0.05) is 32.3 Å². The van der Waals surface area contributed by atoms with Gasteiger partial charge in [-0.05, 0) is 51.7 Å². The van der Waals surface area contributed by atoms with Gasteiger partial charge in [0.05, 0.1) is 20.3 Å². The topological polar surface area (TPSA) is 77.1 Å². The average Bonchev–Trinajstić information content (AvgIpc) is 2.90. The fourth-order valence-electron chi connectivity index (χ4n) is 3.95. The van der Waals surface area contributed by atoms with Gasteiger partial charge in [-0.3, -0.25) is 9.69 Å². The van der Waals surface area contributed by atoms with Crippen LogP contribution in [-0.4, -0.2) is 56.8 Å². The number of benzene rings is 3. The van der Waals surface area contributed by atoms with E-state index in [0.717, 1.165) is 60.5 Å². The lowest BCUT2D eigenvalue weighted by molar-refractivity contribution is -0.143. The third-order valence-corrected chi connectivity index (χ3v) is 5.92. The molecule has 3 aromatic carbocycles. The highest BCUT2D eigenvalue weighted by Gasteiger charge is 2.13. The maximum Gasteiger partial charge on any atom is 0.331 e. The average molecular weight is 475 g/mol. The van der Waals surface area contributed by atoms with Crippen molar-refractivity contribution in [3.63, 3.8) is 0 Å². The molecule has 7 heteroatoms. The molecule has 3 aromatic rings. The molecule has 0 unspecified atom stereocenters. The van der Waals surface area contributed by atoms with E-state index in [1.54, 1.807) is 13.2 Å². The Morgan fingerprint density at radius 2 is 1.74 bits per heavy atom. The van der Waals surface area contributed by atoms with E-state index in [2.05, 4.69) is 16.3 Å². The van der Waals surface area contributed by atoms with E-state index in [9.17, 15) is 9.59 Å². The van der Waals surface area contributed by atoms with Crippen LogP contribution in [0.25, 0.3) is 16.8 Å². The molecule has 1 fully saturated rings. The lowest BCUT2D eigenvalue weighted by Crippen LogP contribution is -2.36. The summed E-state index contributed by atoms with van der Waals surface area (Å²) in [5.41, 5.74) is 3.08. The minimum Gasteiger partial charge on any atom is -0.497 e. The van der Waals surface area contributed by atoms with Crippen molar-refractivity contribution in [2.24, 2.45) is 0 Å². The Kier molecular flexibility index (Phi) is 8.48. The molecule has 1 aliphatic heterocycles. The smallest absolute Gasteiger partial charge is 0.331 e. The maximum atomic E-state index is 12.2. The standard InChI is InChI=1S/C28H30N2O5/c1-33-26-10-9-22-16-21(6-8-23(22)17-26)7-11-28(32)35-20-27(31)29-18-24-4-2-3-5-25(24)19-30-12-14-34-15-13-30/h2-11,16-17H,12-15,18-20H2,1H3,(H,29,31)/b11-7+. The van der Waals surface area contributed by atoms with Gasteiger partial charge < -0.3 is 19.5 Å². The Morgan fingerprint density at radius 1 is 1.00 bits per heavy atom. The fourth-order valence-corrected chi connectivity index (χ4v) is 3.95. The maximum absolute atomic E-state index is 12.2. The molecule has 0 aromatic heterocycles. The summed E-state index contributed by atoms with van der Waals surface area (Å²) in [6, 6.07) is 19.7. The number of hydrogen-bond acceptors (Lipinski definition) is 6. The Morgan fingerprint density at radius 3 is 2.54 bits per heavy atom. The van der Waals surface area contributed by atoms with E-state index >= 15 is 0 Å². The minimum absolute atomic E-state index is 0.327. The first-order valence-electron chi connectivity index (χ1n) is 11.7. The molecule has 35 heavy (non-hydrogen) atoms. The summed E-state index contributed by atoms with van der Waals surface area (Å²) in [6.45, 7) is 4.16. The van der Waals surface area contributed by atoms with Crippen LogP contribution >= 0.6 is 0 Å². The molecule has 0 saturated carbocycles. The number of morpholine rings is 1. The van der Waals surface area contributed by atoms with Crippen molar-refractivity contribution in [1.82, 2.24) is 10.2 Å². The van der Waals surface area contributed by atoms with Crippen LogP contribution < -0.4 is 10.1 Å². The Hall–Kier alpha value is -3.68. The summed E-state index contributed by atoms with van der Waals surface area (Å²) in [5.74, 6) is -0.112. The highest BCUT2D eigenvalue weighted by atomic mass is 16.5. The first-order chi connectivity index (χ1) is 17.1. The highest BCUT2D eigenvalue weighted by molar-refractivity contribution is 5.91. The molecule has 4 rings (SSSR count). The molecule has 0 aliphatic carbocycles. The van der Waals surface area contributed by atoms with Crippen LogP contribution in [0.4, 0.5) is 0 Å². The monoisotopic (exact) mass is 474 g/mol. The number of ether oxygens (including phenoxy) is 3. The van der Waals surface area contributed by atoms with E-state index in [-0.39, 0.29) is 12.5 Å². The van der Waals surface area contributed by atoms with Gasteiger partial charge in [-0.1, -0.05) is 42.5 Å². The number of methoxy groups -OCH3 is 1. The summed E-state index contributed by atoms with van der Waals surface area (Å²) in [7, 11) is 1.63. The van der Waals surface area contributed by atoms with Gasteiger partial charge in [0.1, 0.15) is 5.75 Å². The zero-order chi connectivity index (χ0) is 24.5. The number of esters is 1. The number of fused-ring (bicyclic) bond motifs is 1. The molecule has 1 heterocycles. The number of rotatable bonds is 9. The van der Waals surface area contributed by atoms with E-state index in [4.69, 9.17) is 14.2 Å². The summed E-state index contributed by atoms with van der Waals surface area (Å²) in [5, 5.41) is 4.93. The quantitative estimate of drug-likeness (QED) is 0.378. The predicted octanol–water partition coefficient (Wildman–Crippen LogP) is 3.55. The Balaban J connectivity index is 1.24. The summed E-state index contributed by atoms with van der Waals surface area (Å²) in [6.07, 6.45) is 3.00. The molecular weight excluding hydrogens is 444 g/mol. The van der Waals surface area contributed by atoms with E-state index in [0.29, 0.717) is 6.54 Å². The fraction of sp³-hybridized carbons (Fsp3) is 0.286. The molecule has 0 atom stereocenters. The highest BCUT2D eigenvalue weighted by Crippen LogP contribution is 2.22. The second kappa shape index (κ2) is 12.1. The van der Waals surface area contributed by atoms with Gasteiger partial charge in [-0.15, -0.1) is 0 Å². The number of hydrogen-bond donors (Lipinski definition) is 1. The van der Waals surface area contributed by atoms with Crippen molar-refractivity contribution in [1.29, 1.82) is 0 Å². The molecule has 7 nitrogen and oxygen atoms in total. The van der Waals surface area contributed by atoms with Gasteiger partial charge in [0.2, 0.25) is 0 Å². The van der Waals surface area contributed by atoms with Crippen LogP contribution in [0.15, 0.2) is 66.7 Å². The summed E-state index contributed by atoms with van der Waals surface area (Å²) in [4.78, 5) is 26.7. The van der Waals surface area contributed by atoms with Crippen LogP contribution in [0, 0.1) is 0 Å². The number of carbonyl (C=O) groups excluding carboxylic acids is 2. The van der Waals surface area contributed by atoms with Gasteiger partial charge in [0.25, 0.3) is 5.91 Å². The van der Waals surface area contributed by atoms with Crippen LogP contribution in [0.5, 0.6) is 5.75 Å². The molecule has 1 amide bonds. The minimum atomic E-state index is -0.567. The summed E-state index contributed by atoms with van der Waals surface area (Å²) >= 11 is 0. The largest absolute Gasteiger partial charge is 0.497 e. The van der Waals surface area contributed by atoms with E-state index in [1.807, 2.05) is 54.6 Å². The zero-order valence-electron chi connectivity index (χ0n) is 19.9. The molecule has 182 valence electrons. The van der Waals surface area contributed by atoms with Crippen LogP contribution in [-0.2, 0) is 32.2 Å². The molecule has 0 spiro atoms. The molecule has 1 aliphatic rings. The second-order valence-corrected chi connectivity index (χ2v) is 8.35. The second-order valence-electron chi connectivity index (χ2n) is 8.35. The Bertz CT molecular complexity index is 1200. The molecule has 0 radical (unpaired) electrons. The first-order valence-corrected chi connectivity index (χ1v) is 11.7. The van der Waals surface area contributed by atoms with Gasteiger partial charge in [0.15, 0.2) is 6.61 Å². The van der Waals surface area contributed by atoms with Crippen molar-refractivity contribution < 1.29 is 23.8 Å². The SMILES string of the molecule is COc1ccc2cc(/C=C/C(=O)OCC(=O)NCc3ccccc3CN3CCOCC3)ccc2c1. The molecule has 1 N–H and O–H groups in total. The van der Waals surface area contributed by atoms with Crippen LogP contribution in [0.3, 0.4) is 0 Å². The molecule has 1 saturated heterocycles. The number of nitrogens with zero attached hydrogens (tertiary/aromatic N) is 1. The third-order valence-electron chi connectivity index (χ3n) is 5.92. The number of nitrogens with one attached hydrogen (secondary N) is 1. The van der Waals surface area contributed by atoms with Gasteiger partial charge >= 0.3 is 5.97 Å². The molecular formula is C28H30N2O5. The van der Waals surface area contributed by atoms with Crippen molar-refractivity contribution in [2.75, 3.05) is 40.0 Å². The summed E-state index contributed by atoms with van der Waals surface area (Å²) < 4.78 is 15.8. The normalized spacial score (nSPS) is 14.2. The van der Waals surface area contributed by atoms with E-state index < -0.39 is 5.97 Å². The van der Waals surface area contributed by atoms with E-state index in [1.165, 1.54) is 11.6 Å². The number of amides is 1. The third kappa shape index (κ3) is 7.15. The Labute approximate surface area is 205 Å². The van der Waals surface area contributed by atoms with Crippen molar-refractivity contribution in [3.05, 3.63) is 83.4 Å². The van der Waals surface area contributed by atoms with Gasteiger partial charge in [-0.25, -0.2) is 4.79 Å². The lowest BCUT2D eigenvalue weighted by Gasteiger charge is -2.27. The van der Waals surface area contributed by atoms with Crippen LogP contribution in [0.1, 0.15) is 16.7 Å². The zero-order valence-corrected chi connectivity index (χ0v) is 19.9. The van der Waals surface area contributed by atoms with Crippen molar-refractivity contribution in [2.45, 2.75) is 13.1 Å². The van der Waals surface area contributed by atoms with Crippen LogP contribution in [0.2, 0.25) is 0 Å². The predicted molar refractivity (Wildman–Crippen MR) is 135 cm³/mol. The first kappa shape index (κ1) is 24.4.